The Kier molecular flexibility index (Phi) is 8.29. The van der Waals surface area contributed by atoms with Crippen LogP contribution in [0.25, 0.3) is 0 Å². The average molecular weight is 399 g/mol. The molecule has 0 aromatic heterocycles. The fourth-order valence-corrected chi connectivity index (χ4v) is 5.66. The average Bonchev–Trinajstić information content (AvgIpc) is 2.82. The molecule has 1 heterocycles. The molecular weight excluding hydrogens is 369 g/mol. The van der Waals surface area contributed by atoms with Gasteiger partial charge in [-0.3, -0.25) is 9.36 Å². The maximum Gasteiger partial charge on any atom is 0.320 e. The van der Waals surface area contributed by atoms with Crippen molar-refractivity contribution in [3.8, 4) is 5.75 Å². The van der Waals surface area contributed by atoms with Crippen LogP contribution in [0.2, 0.25) is 0 Å². The van der Waals surface area contributed by atoms with Gasteiger partial charge in [0.05, 0.1) is 31.7 Å². The molecule has 0 radical (unpaired) electrons. The van der Waals surface area contributed by atoms with E-state index in [9.17, 15) is 9.36 Å². The Morgan fingerprint density at radius 2 is 2.04 bits per heavy atom. The molecule has 1 fully saturated rings. The maximum absolute atomic E-state index is 14.0. The van der Waals surface area contributed by atoms with Gasteiger partial charge < -0.3 is 18.7 Å². The molecule has 3 unspecified atom stereocenters. The molecule has 1 saturated heterocycles. The van der Waals surface area contributed by atoms with Gasteiger partial charge >= 0.3 is 13.5 Å². The zero-order valence-electron chi connectivity index (χ0n) is 16.6. The number of nitrogens with zero attached hydrogens (tertiary/aromatic N) is 1. The molecule has 0 aliphatic carbocycles. The van der Waals surface area contributed by atoms with Crippen LogP contribution in [0.4, 0.5) is 0 Å². The standard InChI is InChI=1S/C19H30NO6P/c1-5-25-19(21)14-20-16(13-15(2)23-3)7-6-12-26-27(20,22)18-10-8-17(24-4)9-11-18/h8-11,15-16H,5-7,12-14H2,1-4H3. The number of benzene rings is 1. The lowest BCUT2D eigenvalue weighted by Gasteiger charge is -2.35. The van der Waals surface area contributed by atoms with Crippen molar-refractivity contribution in [2.75, 3.05) is 34.0 Å². The number of hydrogen-bond acceptors (Lipinski definition) is 6. The highest BCUT2D eigenvalue weighted by molar-refractivity contribution is 7.64. The third kappa shape index (κ3) is 5.55. The van der Waals surface area contributed by atoms with Crippen molar-refractivity contribution in [1.29, 1.82) is 0 Å². The van der Waals surface area contributed by atoms with Crippen molar-refractivity contribution in [2.45, 2.75) is 45.3 Å². The zero-order valence-corrected chi connectivity index (χ0v) is 17.4. The van der Waals surface area contributed by atoms with Gasteiger partial charge in [-0.25, -0.2) is 4.67 Å². The van der Waals surface area contributed by atoms with E-state index in [1.54, 1.807) is 50.1 Å². The molecule has 0 N–H and O–H groups in total. The summed E-state index contributed by atoms with van der Waals surface area (Å²) in [5, 5.41) is 0.546. The summed E-state index contributed by atoms with van der Waals surface area (Å²) >= 11 is 0. The maximum atomic E-state index is 14.0. The number of methoxy groups -OCH3 is 2. The van der Waals surface area contributed by atoms with Gasteiger partial charge in [0, 0.05) is 13.2 Å². The van der Waals surface area contributed by atoms with E-state index in [4.69, 9.17) is 18.7 Å². The monoisotopic (exact) mass is 399 g/mol. The third-order valence-corrected chi connectivity index (χ3v) is 7.34. The molecule has 0 spiro atoms. The number of ether oxygens (including phenoxy) is 3. The number of hydrogen-bond donors (Lipinski definition) is 0. The molecule has 1 aliphatic heterocycles. The Hall–Kier alpha value is -1.40. The predicted octanol–water partition coefficient (Wildman–Crippen LogP) is 2.98. The summed E-state index contributed by atoms with van der Waals surface area (Å²) < 4.78 is 37.3. The Bertz CT molecular complexity index is 650. The van der Waals surface area contributed by atoms with Crippen LogP contribution in [0, 0.1) is 0 Å². The summed E-state index contributed by atoms with van der Waals surface area (Å²) in [6.45, 7) is 4.29. The predicted molar refractivity (Wildman–Crippen MR) is 104 cm³/mol. The molecule has 0 saturated carbocycles. The Labute approximate surface area is 161 Å². The summed E-state index contributed by atoms with van der Waals surface area (Å²) in [6.07, 6.45) is 2.16. The molecular formula is C19H30NO6P. The minimum atomic E-state index is -3.43. The normalized spacial score (nSPS) is 24.8. The first-order valence-electron chi connectivity index (χ1n) is 9.29. The highest BCUT2D eigenvalue weighted by Crippen LogP contribution is 2.53. The van der Waals surface area contributed by atoms with E-state index in [0.29, 0.717) is 24.1 Å². The van der Waals surface area contributed by atoms with Gasteiger partial charge in [0.25, 0.3) is 0 Å². The second-order valence-electron chi connectivity index (χ2n) is 6.53. The van der Waals surface area contributed by atoms with Gasteiger partial charge in [-0.2, -0.15) is 0 Å². The van der Waals surface area contributed by atoms with E-state index < -0.39 is 13.5 Å². The lowest BCUT2D eigenvalue weighted by atomic mass is 10.0. The Morgan fingerprint density at radius 3 is 2.63 bits per heavy atom. The molecule has 8 heteroatoms. The Balaban J connectivity index is 2.41. The van der Waals surface area contributed by atoms with Gasteiger partial charge in [0.15, 0.2) is 0 Å². The van der Waals surface area contributed by atoms with Gasteiger partial charge in [-0.05, 0) is 57.4 Å². The lowest BCUT2D eigenvalue weighted by Crippen LogP contribution is -2.41. The zero-order chi connectivity index (χ0) is 19.9. The summed E-state index contributed by atoms with van der Waals surface area (Å²) in [6, 6.07) is 6.86. The molecule has 0 bridgehead atoms. The first kappa shape index (κ1) is 21.9. The summed E-state index contributed by atoms with van der Waals surface area (Å²) in [5.41, 5.74) is 0. The van der Waals surface area contributed by atoms with Crippen molar-refractivity contribution in [3.05, 3.63) is 24.3 Å². The van der Waals surface area contributed by atoms with E-state index in [-0.39, 0.29) is 25.3 Å². The van der Waals surface area contributed by atoms with Crippen molar-refractivity contribution in [2.24, 2.45) is 0 Å². The summed E-state index contributed by atoms with van der Waals surface area (Å²) in [7, 11) is -0.201. The molecule has 2 rings (SSSR count). The van der Waals surface area contributed by atoms with Crippen molar-refractivity contribution in [3.63, 3.8) is 0 Å². The second kappa shape index (κ2) is 10.2. The first-order chi connectivity index (χ1) is 12.9. The summed E-state index contributed by atoms with van der Waals surface area (Å²) in [5.74, 6) is 0.258. The number of carbonyl (C=O) groups is 1. The van der Waals surface area contributed by atoms with Crippen LogP contribution in [-0.4, -0.2) is 56.8 Å². The van der Waals surface area contributed by atoms with E-state index >= 15 is 0 Å². The first-order valence-corrected chi connectivity index (χ1v) is 10.9. The SMILES string of the molecule is CCOC(=O)CN1C(CC(C)OC)CCCOP1(=O)c1ccc(OC)cc1. The fourth-order valence-electron chi connectivity index (χ4n) is 3.22. The number of rotatable bonds is 8. The summed E-state index contributed by atoms with van der Waals surface area (Å²) in [4.78, 5) is 12.3. The quantitative estimate of drug-likeness (QED) is 0.491. The van der Waals surface area contributed by atoms with E-state index in [1.165, 1.54) is 0 Å². The van der Waals surface area contributed by atoms with Gasteiger partial charge in [0.1, 0.15) is 12.3 Å². The molecule has 1 aromatic carbocycles. The largest absolute Gasteiger partial charge is 0.497 e. The molecule has 27 heavy (non-hydrogen) atoms. The van der Waals surface area contributed by atoms with Crippen molar-refractivity contribution >= 4 is 18.8 Å². The van der Waals surface area contributed by atoms with Crippen LogP contribution >= 0.6 is 7.52 Å². The topological polar surface area (TPSA) is 74.3 Å². The fraction of sp³-hybridized carbons (Fsp3) is 0.632. The van der Waals surface area contributed by atoms with E-state index in [2.05, 4.69) is 0 Å². The number of carbonyl (C=O) groups excluding carboxylic acids is 1. The third-order valence-electron chi connectivity index (χ3n) is 4.71. The van der Waals surface area contributed by atoms with Crippen LogP contribution < -0.4 is 10.0 Å². The Morgan fingerprint density at radius 1 is 1.33 bits per heavy atom. The minimum absolute atomic E-state index is 0.0258. The lowest BCUT2D eigenvalue weighted by molar-refractivity contribution is -0.143. The van der Waals surface area contributed by atoms with Crippen LogP contribution in [0.5, 0.6) is 5.75 Å². The van der Waals surface area contributed by atoms with Gasteiger partial charge in [-0.15, -0.1) is 0 Å². The molecule has 3 atom stereocenters. The van der Waals surface area contributed by atoms with Crippen LogP contribution in [0.15, 0.2) is 24.3 Å². The van der Waals surface area contributed by atoms with E-state index in [0.717, 1.165) is 12.8 Å². The van der Waals surface area contributed by atoms with Gasteiger partial charge in [0.2, 0.25) is 0 Å². The molecule has 0 amide bonds. The van der Waals surface area contributed by atoms with Crippen LogP contribution in [-0.2, 0) is 23.4 Å². The second-order valence-corrected chi connectivity index (χ2v) is 8.86. The van der Waals surface area contributed by atoms with Crippen molar-refractivity contribution < 1.29 is 28.1 Å². The van der Waals surface area contributed by atoms with E-state index in [1.807, 2.05) is 6.92 Å². The molecule has 152 valence electrons. The highest BCUT2D eigenvalue weighted by Gasteiger charge is 2.42. The molecule has 7 nitrogen and oxygen atoms in total. The van der Waals surface area contributed by atoms with Crippen molar-refractivity contribution in [1.82, 2.24) is 4.67 Å². The molecule has 1 aromatic rings. The van der Waals surface area contributed by atoms with Crippen LogP contribution in [0.1, 0.15) is 33.1 Å². The van der Waals surface area contributed by atoms with Gasteiger partial charge in [-0.1, -0.05) is 0 Å². The smallest absolute Gasteiger partial charge is 0.320 e. The van der Waals surface area contributed by atoms with Crippen LogP contribution in [0.3, 0.4) is 0 Å². The molecule has 1 aliphatic rings. The highest BCUT2D eigenvalue weighted by atomic mass is 31.2. The number of esters is 1. The minimum Gasteiger partial charge on any atom is -0.497 e.